The number of halogens is 1. The van der Waals surface area contributed by atoms with Crippen LogP contribution in [0, 0.1) is 11.2 Å². The topological polar surface area (TPSA) is 81.1 Å². The number of benzene rings is 2. The lowest BCUT2D eigenvalue weighted by Crippen LogP contribution is -2.30. The number of aryl methyl sites for hydroxylation is 1. The number of amidine groups is 1. The van der Waals surface area contributed by atoms with Gasteiger partial charge in [-0.25, -0.2) is 4.39 Å². The van der Waals surface area contributed by atoms with Gasteiger partial charge in [0.25, 0.3) is 0 Å². The van der Waals surface area contributed by atoms with Crippen molar-refractivity contribution >= 4 is 11.6 Å². The molecule has 0 amide bonds. The van der Waals surface area contributed by atoms with Gasteiger partial charge in [0.15, 0.2) is 34.6 Å². The van der Waals surface area contributed by atoms with Gasteiger partial charge in [0, 0.05) is 12.1 Å². The number of ether oxygens (including phenoxy) is 4. The van der Waals surface area contributed by atoms with Crippen LogP contribution in [0.3, 0.4) is 0 Å². The van der Waals surface area contributed by atoms with Crippen molar-refractivity contribution in [3.63, 3.8) is 0 Å². The minimum atomic E-state index is -0.657. The van der Waals surface area contributed by atoms with Crippen LogP contribution in [-0.4, -0.2) is 50.5 Å². The summed E-state index contributed by atoms with van der Waals surface area (Å²) in [6, 6.07) is 5.18. The van der Waals surface area contributed by atoms with E-state index in [9.17, 15) is 4.79 Å². The summed E-state index contributed by atoms with van der Waals surface area (Å²) in [7, 11) is 4.38. The zero-order chi connectivity index (χ0) is 25.0. The molecular formula is C26H33FN2O5. The number of hydrogen-bond acceptors (Lipinski definition) is 6. The van der Waals surface area contributed by atoms with E-state index in [0.717, 1.165) is 24.8 Å². The highest BCUT2D eigenvalue weighted by Crippen LogP contribution is 2.39. The molecule has 1 aliphatic rings. The standard InChI is InChI=1S/C26H33FN2O5/c1-7-8-9-16-10-17(11-21(24(16)32-5)34-15(2)3)19(30)14-29-13-18-12-20(31-4)25(33-6)23(27)22(18)26(29)28/h10-12,15,28H,7-9,13-14H2,1-6H3. The van der Waals surface area contributed by atoms with Crippen molar-refractivity contribution in [2.45, 2.75) is 52.7 Å². The number of nitrogens with zero attached hydrogens (tertiary/aromatic N) is 1. The maximum atomic E-state index is 15.0. The fourth-order valence-corrected chi connectivity index (χ4v) is 4.17. The van der Waals surface area contributed by atoms with Crippen LogP contribution >= 0.6 is 0 Å². The minimum Gasteiger partial charge on any atom is -0.493 e. The second-order valence-corrected chi connectivity index (χ2v) is 8.52. The number of ketones is 1. The second-order valence-electron chi connectivity index (χ2n) is 8.52. The molecule has 0 saturated heterocycles. The van der Waals surface area contributed by atoms with Crippen molar-refractivity contribution in [1.29, 1.82) is 5.41 Å². The fourth-order valence-electron chi connectivity index (χ4n) is 4.17. The lowest BCUT2D eigenvalue weighted by atomic mass is 10.0. The van der Waals surface area contributed by atoms with Gasteiger partial charge in [-0.1, -0.05) is 13.3 Å². The summed E-state index contributed by atoms with van der Waals surface area (Å²) in [4.78, 5) is 14.9. The number of fused-ring (bicyclic) bond motifs is 1. The van der Waals surface area contributed by atoms with E-state index in [4.69, 9.17) is 24.4 Å². The van der Waals surface area contributed by atoms with Crippen LogP contribution in [0.4, 0.5) is 4.39 Å². The Balaban J connectivity index is 1.91. The number of carbonyl (C=O) groups is 1. The van der Waals surface area contributed by atoms with Gasteiger partial charge in [0.05, 0.1) is 39.5 Å². The predicted molar refractivity (Wildman–Crippen MR) is 128 cm³/mol. The zero-order valence-electron chi connectivity index (χ0n) is 20.7. The molecular weight excluding hydrogens is 439 g/mol. The van der Waals surface area contributed by atoms with Gasteiger partial charge < -0.3 is 23.8 Å². The van der Waals surface area contributed by atoms with Crippen LogP contribution in [-0.2, 0) is 13.0 Å². The second kappa shape index (κ2) is 10.8. The van der Waals surface area contributed by atoms with Crippen LogP contribution in [0.1, 0.15) is 60.7 Å². The Morgan fingerprint density at radius 2 is 1.79 bits per heavy atom. The predicted octanol–water partition coefficient (Wildman–Crippen LogP) is 5.01. The molecule has 0 atom stereocenters. The molecule has 2 aromatic rings. The Bertz CT molecular complexity index is 1080. The van der Waals surface area contributed by atoms with Gasteiger partial charge in [-0.15, -0.1) is 0 Å². The molecule has 7 nitrogen and oxygen atoms in total. The van der Waals surface area contributed by atoms with Crippen LogP contribution in [0.5, 0.6) is 23.0 Å². The summed E-state index contributed by atoms with van der Waals surface area (Å²) in [5.41, 5.74) is 2.09. The maximum absolute atomic E-state index is 15.0. The highest BCUT2D eigenvalue weighted by atomic mass is 19.1. The van der Waals surface area contributed by atoms with E-state index in [0.29, 0.717) is 22.6 Å². The average molecular weight is 473 g/mol. The van der Waals surface area contributed by atoms with Crippen LogP contribution in [0.2, 0.25) is 0 Å². The molecule has 8 heteroatoms. The summed E-state index contributed by atoms with van der Waals surface area (Å²) < 4.78 is 37.0. The smallest absolute Gasteiger partial charge is 0.197 e. The van der Waals surface area contributed by atoms with Crippen molar-refractivity contribution in [3.05, 3.63) is 46.3 Å². The lowest BCUT2D eigenvalue weighted by molar-refractivity contribution is 0.0961. The summed E-state index contributed by atoms with van der Waals surface area (Å²) in [5, 5.41) is 8.51. The Kier molecular flexibility index (Phi) is 8.02. The van der Waals surface area contributed by atoms with E-state index in [1.54, 1.807) is 24.1 Å². The molecule has 1 N–H and O–H groups in total. The van der Waals surface area contributed by atoms with Crippen molar-refractivity contribution in [3.8, 4) is 23.0 Å². The van der Waals surface area contributed by atoms with Crippen molar-refractivity contribution in [1.82, 2.24) is 4.90 Å². The van der Waals surface area contributed by atoms with Crippen LogP contribution in [0.15, 0.2) is 18.2 Å². The van der Waals surface area contributed by atoms with E-state index < -0.39 is 5.82 Å². The van der Waals surface area contributed by atoms with Crippen molar-refractivity contribution < 1.29 is 28.1 Å². The molecule has 184 valence electrons. The Morgan fingerprint density at radius 3 is 2.38 bits per heavy atom. The van der Waals surface area contributed by atoms with E-state index in [1.165, 1.54) is 14.2 Å². The minimum absolute atomic E-state index is 0.0506. The third kappa shape index (κ3) is 4.95. The van der Waals surface area contributed by atoms with Gasteiger partial charge in [0.2, 0.25) is 0 Å². The number of carbonyl (C=O) groups excluding carboxylic acids is 1. The lowest BCUT2D eigenvalue weighted by Gasteiger charge is -2.20. The summed E-state index contributed by atoms with van der Waals surface area (Å²) in [5.74, 6) is 0.467. The quantitative estimate of drug-likeness (QED) is 0.463. The molecule has 0 saturated carbocycles. The van der Waals surface area contributed by atoms with Gasteiger partial charge in [-0.2, -0.15) is 0 Å². The first-order valence-corrected chi connectivity index (χ1v) is 11.4. The first-order valence-electron chi connectivity index (χ1n) is 11.4. The highest BCUT2D eigenvalue weighted by molar-refractivity contribution is 6.06. The van der Waals surface area contributed by atoms with E-state index in [1.807, 2.05) is 19.9 Å². The molecule has 0 bridgehead atoms. The molecule has 2 aromatic carbocycles. The Morgan fingerprint density at radius 1 is 1.09 bits per heavy atom. The van der Waals surface area contributed by atoms with E-state index >= 15 is 4.39 Å². The molecule has 1 aliphatic heterocycles. The monoisotopic (exact) mass is 472 g/mol. The number of nitrogens with one attached hydrogen (secondary N) is 1. The molecule has 0 fully saturated rings. The molecule has 0 spiro atoms. The summed E-state index contributed by atoms with van der Waals surface area (Å²) in [6.45, 7) is 6.09. The highest BCUT2D eigenvalue weighted by Gasteiger charge is 2.33. The molecule has 1 heterocycles. The Hall–Kier alpha value is -3.29. The molecule has 0 unspecified atom stereocenters. The number of methoxy groups -OCH3 is 3. The number of rotatable bonds is 11. The zero-order valence-corrected chi connectivity index (χ0v) is 20.7. The number of Topliss-reactive ketones (excluding diaryl/α,β-unsaturated/α-hetero) is 1. The van der Waals surface area contributed by atoms with Crippen molar-refractivity contribution in [2.75, 3.05) is 27.9 Å². The molecule has 0 radical (unpaired) electrons. The number of hydrogen-bond donors (Lipinski definition) is 1. The Labute approximate surface area is 200 Å². The SMILES string of the molecule is CCCCc1cc(C(=O)CN2Cc3cc(OC)c(OC)c(F)c3C2=N)cc(OC(C)C)c1OC. The van der Waals surface area contributed by atoms with Crippen LogP contribution < -0.4 is 18.9 Å². The van der Waals surface area contributed by atoms with Gasteiger partial charge in [-0.3, -0.25) is 10.2 Å². The van der Waals surface area contributed by atoms with Crippen molar-refractivity contribution in [2.24, 2.45) is 0 Å². The molecule has 0 aromatic heterocycles. The van der Waals surface area contributed by atoms with Crippen LogP contribution in [0.25, 0.3) is 0 Å². The van der Waals surface area contributed by atoms with Gasteiger partial charge in [-0.05, 0) is 56.0 Å². The largest absolute Gasteiger partial charge is 0.493 e. The van der Waals surface area contributed by atoms with E-state index in [-0.39, 0.29) is 47.9 Å². The first-order chi connectivity index (χ1) is 16.2. The maximum Gasteiger partial charge on any atom is 0.197 e. The molecule has 3 rings (SSSR count). The molecule has 0 aliphatic carbocycles. The summed E-state index contributed by atoms with van der Waals surface area (Å²) in [6.07, 6.45) is 2.62. The van der Waals surface area contributed by atoms with Gasteiger partial charge in [0.1, 0.15) is 5.84 Å². The fraction of sp³-hybridized carbons (Fsp3) is 0.462. The average Bonchev–Trinajstić information content (AvgIpc) is 3.11. The summed E-state index contributed by atoms with van der Waals surface area (Å²) >= 11 is 0. The van der Waals surface area contributed by atoms with E-state index in [2.05, 4.69) is 6.92 Å². The first kappa shape index (κ1) is 25.3. The third-order valence-electron chi connectivity index (χ3n) is 5.76. The number of unbranched alkanes of at least 4 members (excludes halogenated alkanes) is 1. The molecule has 34 heavy (non-hydrogen) atoms. The van der Waals surface area contributed by atoms with Gasteiger partial charge >= 0.3 is 0 Å². The third-order valence-corrected chi connectivity index (χ3v) is 5.76. The normalized spacial score (nSPS) is 12.7.